The molecule has 2 aliphatic heterocycles. The molecule has 2 aromatic rings. The lowest BCUT2D eigenvalue weighted by Crippen LogP contribution is -2.35. The lowest BCUT2D eigenvalue weighted by Gasteiger charge is -2.27. The zero-order chi connectivity index (χ0) is 15.5. The van der Waals surface area contributed by atoms with Crippen LogP contribution in [-0.2, 0) is 30.9 Å². The van der Waals surface area contributed by atoms with Crippen LogP contribution in [0.15, 0.2) is 36.5 Å². The third-order valence-corrected chi connectivity index (χ3v) is 4.67. The van der Waals surface area contributed by atoms with Crippen molar-refractivity contribution >= 4 is 0 Å². The standard InChI is InChI=1S/C18H24N4O/c1-2-4-16(5-3-1)12-21-6-7-22-14-17(19-18(22)15-21)13-20-8-10-23-11-9-20/h1-5,14H,6-13,15H2. The summed E-state index contributed by atoms with van der Waals surface area (Å²) in [7, 11) is 0. The third-order valence-electron chi connectivity index (χ3n) is 4.67. The molecule has 1 aromatic carbocycles. The lowest BCUT2D eigenvalue weighted by atomic mass is 10.2. The van der Waals surface area contributed by atoms with Gasteiger partial charge in [-0.3, -0.25) is 9.80 Å². The normalized spacial score (nSPS) is 19.7. The first-order chi connectivity index (χ1) is 11.4. The van der Waals surface area contributed by atoms with Crippen LogP contribution in [0.3, 0.4) is 0 Å². The maximum absolute atomic E-state index is 5.42. The highest BCUT2D eigenvalue weighted by atomic mass is 16.5. The predicted molar refractivity (Wildman–Crippen MR) is 88.9 cm³/mol. The summed E-state index contributed by atoms with van der Waals surface area (Å²) >= 11 is 0. The largest absolute Gasteiger partial charge is 0.379 e. The Morgan fingerprint density at radius 2 is 1.74 bits per heavy atom. The van der Waals surface area contributed by atoms with E-state index in [-0.39, 0.29) is 0 Å². The summed E-state index contributed by atoms with van der Waals surface area (Å²) in [5.74, 6) is 1.20. The number of fused-ring (bicyclic) bond motifs is 1. The Balaban J connectivity index is 1.39. The van der Waals surface area contributed by atoms with Gasteiger partial charge in [-0.2, -0.15) is 0 Å². The molecule has 1 fully saturated rings. The van der Waals surface area contributed by atoms with Crippen LogP contribution >= 0.6 is 0 Å². The van der Waals surface area contributed by atoms with Crippen LogP contribution in [-0.4, -0.2) is 52.2 Å². The summed E-state index contributed by atoms with van der Waals surface area (Å²) in [6.07, 6.45) is 2.24. The molecule has 0 amide bonds. The van der Waals surface area contributed by atoms with E-state index in [4.69, 9.17) is 9.72 Å². The van der Waals surface area contributed by atoms with Crippen molar-refractivity contribution in [2.75, 3.05) is 32.8 Å². The van der Waals surface area contributed by atoms with Gasteiger partial charge in [0, 0.05) is 45.5 Å². The van der Waals surface area contributed by atoms with Crippen molar-refractivity contribution in [3.63, 3.8) is 0 Å². The summed E-state index contributed by atoms with van der Waals surface area (Å²) in [6, 6.07) is 10.7. The molecule has 4 rings (SSSR count). The average molecular weight is 312 g/mol. The fourth-order valence-electron chi connectivity index (χ4n) is 3.40. The first-order valence-corrected chi connectivity index (χ1v) is 8.48. The Kier molecular flexibility index (Phi) is 4.41. The molecule has 0 unspecified atom stereocenters. The molecule has 0 atom stereocenters. The van der Waals surface area contributed by atoms with E-state index in [9.17, 15) is 0 Å². The molecule has 5 heteroatoms. The molecule has 1 aromatic heterocycles. The number of aromatic nitrogens is 2. The fraction of sp³-hybridized carbons (Fsp3) is 0.500. The molecular weight excluding hydrogens is 288 g/mol. The van der Waals surface area contributed by atoms with Gasteiger partial charge >= 0.3 is 0 Å². The Morgan fingerprint density at radius 3 is 2.57 bits per heavy atom. The lowest BCUT2D eigenvalue weighted by molar-refractivity contribution is 0.0337. The van der Waals surface area contributed by atoms with Crippen LogP contribution in [0.5, 0.6) is 0 Å². The molecule has 23 heavy (non-hydrogen) atoms. The third kappa shape index (κ3) is 3.63. The summed E-state index contributed by atoms with van der Waals surface area (Å²) in [5.41, 5.74) is 2.57. The Morgan fingerprint density at radius 1 is 0.913 bits per heavy atom. The van der Waals surface area contributed by atoms with Crippen LogP contribution in [0.25, 0.3) is 0 Å². The smallest absolute Gasteiger partial charge is 0.123 e. The van der Waals surface area contributed by atoms with Gasteiger partial charge in [0.2, 0.25) is 0 Å². The van der Waals surface area contributed by atoms with E-state index in [0.29, 0.717) is 0 Å². The molecule has 2 aliphatic rings. The summed E-state index contributed by atoms with van der Waals surface area (Å²) in [5, 5.41) is 0. The molecule has 3 heterocycles. The quantitative estimate of drug-likeness (QED) is 0.861. The van der Waals surface area contributed by atoms with E-state index in [0.717, 1.165) is 59.0 Å². The number of morpholine rings is 1. The Bertz CT molecular complexity index is 634. The molecule has 122 valence electrons. The monoisotopic (exact) mass is 312 g/mol. The second-order valence-electron chi connectivity index (χ2n) is 6.43. The number of imidazole rings is 1. The molecule has 0 N–H and O–H groups in total. The highest BCUT2D eigenvalue weighted by molar-refractivity contribution is 5.15. The Hall–Kier alpha value is -1.69. The van der Waals surface area contributed by atoms with E-state index in [1.54, 1.807) is 0 Å². The molecule has 5 nitrogen and oxygen atoms in total. The molecule has 1 saturated heterocycles. The van der Waals surface area contributed by atoms with E-state index in [2.05, 4.69) is 50.9 Å². The van der Waals surface area contributed by atoms with Gasteiger partial charge in [0.15, 0.2) is 0 Å². The van der Waals surface area contributed by atoms with Gasteiger partial charge in [0.1, 0.15) is 5.82 Å². The van der Waals surface area contributed by atoms with Gasteiger partial charge in [-0.15, -0.1) is 0 Å². The number of rotatable bonds is 4. The van der Waals surface area contributed by atoms with Crippen LogP contribution in [0.1, 0.15) is 17.1 Å². The van der Waals surface area contributed by atoms with E-state index >= 15 is 0 Å². The SMILES string of the molecule is c1ccc(CN2CCn3cc(CN4CCOCC4)nc3C2)cc1. The number of benzene rings is 1. The van der Waals surface area contributed by atoms with Gasteiger partial charge in [-0.1, -0.05) is 30.3 Å². The molecule has 0 aliphatic carbocycles. The first-order valence-electron chi connectivity index (χ1n) is 8.48. The van der Waals surface area contributed by atoms with E-state index in [1.807, 2.05) is 0 Å². The molecule has 0 spiro atoms. The van der Waals surface area contributed by atoms with Crippen LogP contribution < -0.4 is 0 Å². The van der Waals surface area contributed by atoms with Gasteiger partial charge in [0.05, 0.1) is 25.5 Å². The fourth-order valence-corrected chi connectivity index (χ4v) is 3.40. The minimum atomic E-state index is 0.846. The van der Waals surface area contributed by atoms with Gasteiger partial charge in [-0.25, -0.2) is 4.98 Å². The van der Waals surface area contributed by atoms with Crippen molar-refractivity contribution < 1.29 is 4.74 Å². The maximum Gasteiger partial charge on any atom is 0.123 e. The van der Waals surface area contributed by atoms with Crippen molar-refractivity contribution in [2.45, 2.75) is 26.2 Å². The minimum Gasteiger partial charge on any atom is -0.379 e. The van der Waals surface area contributed by atoms with Gasteiger partial charge in [-0.05, 0) is 5.56 Å². The summed E-state index contributed by atoms with van der Waals surface area (Å²) in [4.78, 5) is 9.79. The second kappa shape index (κ2) is 6.83. The van der Waals surface area contributed by atoms with Crippen molar-refractivity contribution in [1.82, 2.24) is 19.4 Å². The molecule has 0 bridgehead atoms. The van der Waals surface area contributed by atoms with Crippen molar-refractivity contribution in [1.29, 1.82) is 0 Å². The summed E-state index contributed by atoms with van der Waals surface area (Å²) in [6.45, 7) is 8.75. The average Bonchev–Trinajstić information content (AvgIpc) is 2.98. The number of ether oxygens (including phenoxy) is 1. The van der Waals surface area contributed by atoms with E-state index in [1.165, 1.54) is 17.1 Å². The van der Waals surface area contributed by atoms with Crippen molar-refractivity contribution in [3.05, 3.63) is 53.6 Å². The molecule has 0 saturated carbocycles. The zero-order valence-corrected chi connectivity index (χ0v) is 13.5. The van der Waals surface area contributed by atoms with E-state index < -0.39 is 0 Å². The Labute approximate surface area is 137 Å². The topological polar surface area (TPSA) is 33.5 Å². The highest BCUT2D eigenvalue weighted by Crippen LogP contribution is 2.16. The molecule has 0 radical (unpaired) electrons. The molecular formula is C18H24N4O. The first kappa shape index (κ1) is 14.9. The zero-order valence-electron chi connectivity index (χ0n) is 13.5. The highest BCUT2D eigenvalue weighted by Gasteiger charge is 2.20. The van der Waals surface area contributed by atoms with Crippen LogP contribution in [0, 0.1) is 0 Å². The van der Waals surface area contributed by atoms with Gasteiger partial charge in [0.25, 0.3) is 0 Å². The second-order valence-corrected chi connectivity index (χ2v) is 6.43. The predicted octanol–water partition coefficient (Wildman–Crippen LogP) is 1.73. The van der Waals surface area contributed by atoms with Crippen LogP contribution in [0.2, 0.25) is 0 Å². The number of nitrogens with zero attached hydrogens (tertiary/aromatic N) is 4. The van der Waals surface area contributed by atoms with Gasteiger partial charge < -0.3 is 9.30 Å². The number of hydrogen-bond acceptors (Lipinski definition) is 4. The summed E-state index contributed by atoms with van der Waals surface area (Å²) < 4.78 is 7.75. The van der Waals surface area contributed by atoms with Crippen molar-refractivity contribution in [2.24, 2.45) is 0 Å². The van der Waals surface area contributed by atoms with Crippen LogP contribution in [0.4, 0.5) is 0 Å². The number of hydrogen-bond donors (Lipinski definition) is 0. The van der Waals surface area contributed by atoms with Crippen molar-refractivity contribution in [3.8, 4) is 0 Å². The minimum absolute atomic E-state index is 0.846. The maximum atomic E-state index is 5.42.